The first-order valence-corrected chi connectivity index (χ1v) is 10.4. The molecule has 0 N–H and O–H groups in total. The molecule has 2 heterocycles. The Balaban J connectivity index is 2.04. The van der Waals surface area contributed by atoms with Gasteiger partial charge in [-0.05, 0) is 42.9 Å². The van der Waals surface area contributed by atoms with Gasteiger partial charge in [0.1, 0.15) is 0 Å². The molecule has 0 aliphatic carbocycles. The zero-order valence-electron chi connectivity index (χ0n) is 17.5. The van der Waals surface area contributed by atoms with E-state index in [1.165, 1.54) is 5.57 Å². The molecule has 1 amide bonds. The molecule has 0 radical (unpaired) electrons. The number of hydrogen-bond donors (Lipinski definition) is 0. The zero-order chi connectivity index (χ0) is 21.1. The number of piperidine rings is 2. The van der Waals surface area contributed by atoms with Crippen molar-refractivity contribution in [2.75, 3.05) is 19.6 Å². The number of rotatable bonds is 10. The third-order valence-corrected chi connectivity index (χ3v) is 5.61. The van der Waals surface area contributed by atoms with Crippen LogP contribution in [0.25, 0.3) is 0 Å². The van der Waals surface area contributed by atoms with Gasteiger partial charge in [0.25, 0.3) is 0 Å². The quantitative estimate of drug-likeness (QED) is 0.469. The summed E-state index contributed by atoms with van der Waals surface area (Å²) in [6.07, 6.45) is 22.5. The maximum atomic E-state index is 12.7. The van der Waals surface area contributed by atoms with Crippen LogP contribution in [-0.4, -0.2) is 41.4 Å². The van der Waals surface area contributed by atoms with Gasteiger partial charge in [-0.15, -0.1) is 0 Å². The van der Waals surface area contributed by atoms with Crippen LogP contribution in [0.4, 0.5) is 0 Å². The second-order valence-electron chi connectivity index (χ2n) is 7.46. The molecule has 3 heteroatoms. The predicted octanol–water partition coefficient (Wildman–Crippen LogP) is 5.36. The first-order chi connectivity index (χ1) is 14.1. The van der Waals surface area contributed by atoms with Crippen molar-refractivity contribution in [1.29, 1.82) is 0 Å². The van der Waals surface area contributed by atoms with Crippen LogP contribution >= 0.6 is 0 Å². The van der Waals surface area contributed by atoms with E-state index in [4.69, 9.17) is 0 Å². The van der Waals surface area contributed by atoms with Gasteiger partial charge in [0.15, 0.2) is 0 Å². The molecule has 2 atom stereocenters. The van der Waals surface area contributed by atoms with E-state index in [-0.39, 0.29) is 11.9 Å². The molecule has 2 rings (SSSR count). The number of fused-ring (bicyclic) bond motifs is 1. The molecule has 0 spiro atoms. The monoisotopic (exact) mass is 390 g/mol. The first kappa shape index (κ1) is 22.6. The maximum Gasteiger partial charge on any atom is 0.227 e. The lowest BCUT2D eigenvalue weighted by atomic mass is 9.83. The SMILES string of the molecule is C=C/C=C\C=C(/C=C)CCN1CCC2C(CCC(=O)N2C(/C=C\C=C)=C/C=C)C1. The summed E-state index contributed by atoms with van der Waals surface area (Å²) in [7, 11) is 0. The number of hydrogen-bond acceptors (Lipinski definition) is 2. The molecule has 0 saturated carbocycles. The summed E-state index contributed by atoms with van der Waals surface area (Å²) in [4.78, 5) is 17.3. The fourth-order valence-corrected chi connectivity index (χ4v) is 4.17. The fourth-order valence-electron chi connectivity index (χ4n) is 4.17. The van der Waals surface area contributed by atoms with Gasteiger partial charge >= 0.3 is 0 Å². The average Bonchev–Trinajstić information content (AvgIpc) is 2.74. The third kappa shape index (κ3) is 6.43. The minimum Gasteiger partial charge on any atom is -0.309 e. The van der Waals surface area contributed by atoms with Crippen LogP contribution in [0.15, 0.2) is 98.3 Å². The van der Waals surface area contributed by atoms with E-state index in [0.29, 0.717) is 12.3 Å². The smallest absolute Gasteiger partial charge is 0.227 e. The van der Waals surface area contributed by atoms with Crippen LogP contribution in [0.5, 0.6) is 0 Å². The van der Waals surface area contributed by atoms with Gasteiger partial charge in [-0.3, -0.25) is 4.79 Å². The number of carbonyl (C=O) groups excluding carboxylic acids is 1. The van der Waals surface area contributed by atoms with Crippen molar-refractivity contribution >= 4 is 5.91 Å². The van der Waals surface area contributed by atoms with E-state index in [1.54, 1.807) is 18.2 Å². The van der Waals surface area contributed by atoms with Gasteiger partial charge in [-0.2, -0.15) is 0 Å². The second-order valence-corrected chi connectivity index (χ2v) is 7.46. The molecule has 3 nitrogen and oxygen atoms in total. The minimum atomic E-state index is 0.215. The van der Waals surface area contributed by atoms with Gasteiger partial charge in [-0.25, -0.2) is 0 Å². The Morgan fingerprint density at radius 3 is 2.48 bits per heavy atom. The van der Waals surface area contributed by atoms with Crippen LogP contribution < -0.4 is 0 Å². The predicted molar refractivity (Wildman–Crippen MR) is 124 cm³/mol. The first-order valence-electron chi connectivity index (χ1n) is 10.4. The second kappa shape index (κ2) is 12.0. The zero-order valence-corrected chi connectivity index (χ0v) is 17.5. The van der Waals surface area contributed by atoms with Crippen LogP contribution in [0.3, 0.4) is 0 Å². The van der Waals surface area contributed by atoms with E-state index in [2.05, 4.69) is 37.3 Å². The van der Waals surface area contributed by atoms with E-state index in [9.17, 15) is 4.79 Å². The van der Waals surface area contributed by atoms with E-state index in [0.717, 1.165) is 44.6 Å². The van der Waals surface area contributed by atoms with Crippen molar-refractivity contribution < 1.29 is 4.79 Å². The molecular formula is C26H34N2O. The van der Waals surface area contributed by atoms with Crippen LogP contribution in [0.1, 0.15) is 25.7 Å². The maximum absolute atomic E-state index is 12.7. The minimum absolute atomic E-state index is 0.215. The summed E-state index contributed by atoms with van der Waals surface area (Å²) in [6.45, 7) is 18.2. The molecule has 2 aliphatic heterocycles. The largest absolute Gasteiger partial charge is 0.309 e. The van der Waals surface area contributed by atoms with Crippen molar-refractivity contribution in [3.63, 3.8) is 0 Å². The summed E-state index contributed by atoms with van der Waals surface area (Å²) in [5.41, 5.74) is 2.15. The molecule has 2 fully saturated rings. The van der Waals surface area contributed by atoms with Crippen LogP contribution in [0.2, 0.25) is 0 Å². The fraction of sp³-hybridized carbons (Fsp3) is 0.346. The van der Waals surface area contributed by atoms with E-state index in [1.807, 2.05) is 41.4 Å². The Kier molecular flexibility index (Phi) is 9.39. The Morgan fingerprint density at radius 2 is 1.79 bits per heavy atom. The van der Waals surface area contributed by atoms with E-state index >= 15 is 0 Å². The summed E-state index contributed by atoms with van der Waals surface area (Å²) in [5, 5.41) is 0. The average molecular weight is 391 g/mol. The summed E-state index contributed by atoms with van der Waals surface area (Å²) >= 11 is 0. The van der Waals surface area contributed by atoms with Crippen LogP contribution in [-0.2, 0) is 4.79 Å². The molecule has 0 aromatic heterocycles. The van der Waals surface area contributed by atoms with Gasteiger partial charge in [0.05, 0.1) is 0 Å². The molecule has 2 aliphatic rings. The number of nitrogens with zero attached hydrogens (tertiary/aromatic N) is 2. The molecule has 2 saturated heterocycles. The molecule has 0 aromatic rings. The highest BCUT2D eigenvalue weighted by atomic mass is 16.2. The Morgan fingerprint density at radius 1 is 1.00 bits per heavy atom. The number of carbonyl (C=O) groups is 1. The Labute approximate surface area is 176 Å². The summed E-state index contributed by atoms with van der Waals surface area (Å²) < 4.78 is 0. The molecule has 29 heavy (non-hydrogen) atoms. The normalized spacial score (nSPS) is 24.0. The van der Waals surface area contributed by atoms with Crippen molar-refractivity contribution in [2.24, 2.45) is 5.92 Å². The van der Waals surface area contributed by atoms with Crippen LogP contribution in [0, 0.1) is 5.92 Å². The topological polar surface area (TPSA) is 23.6 Å². The highest BCUT2D eigenvalue weighted by molar-refractivity contribution is 5.80. The lowest BCUT2D eigenvalue weighted by Gasteiger charge is -2.47. The summed E-state index contributed by atoms with van der Waals surface area (Å²) in [5.74, 6) is 0.719. The molecule has 0 bridgehead atoms. The summed E-state index contributed by atoms with van der Waals surface area (Å²) in [6, 6.07) is 0.262. The molecular weight excluding hydrogens is 356 g/mol. The van der Waals surface area contributed by atoms with Crippen molar-refractivity contribution in [2.45, 2.75) is 31.7 Å². The number of allylic oxidation sites excluding steroid dienone is 10. The lowest BCUT2D eigenvalue weighted by Crippen LogP contribution is -2.55. The van der Waals surface area contributed by atoms with E-state index < -0.39 is 0 Å². The molecule has 0 aromatic carbocycles. The van der Waals surface area contributed by atoms with Crippen molar-refractivity contribution in [3.05, 3.63) is 98.3 Å². The van der Waals surface area contributed by atoms with Gasteiger partial charge in [-0.1, -0.05) is 74.9 Å². The van der Waals surface area contributed by atoms with Gasteiger partial charge in [0, 0.05) is 37.8 Å². The number of likely N-dealkylation sites (tertiary alicyclic amines) is 2. The standard InChI is InChI=1S/C26H34N2O/c1-5-9-11-13-22(8-4)17-19-27-20-18-25-23(21-27)15-16-26(29)28(25)24(12-7-3)14-10-6-2/h5-14,23,25H,1-4,15-21H2/b11-9-,14-10-,22-13+,24-12+. The van der Waals surface area contributed by atoms with Crippen molar-refractivity contribution in [1.82, 2.24) is 9.80 Å². The molecule has 154 valence electrons. The van der Waals surface area contributed by atoms with Crippen molar-refractivity contribution in [3.8, 4) is 0 Å². The third-order valence-electron chi connectivity index (χ3n) is 5.61. The lowest BCUT2D eigenvalue weighted by molar-refractivity contribution is -0.137. The number of amides is 1. The highest BCUT2D eigenvalue weighted by Gasteiger charge is 2.40. The Hall–Kier alpha value is -2.65. The Bertz CT molecular complexity index is 738. The molecule has 2 unspecified atom stereocenters. The van der Waals surface area contributed by atoms with Gasteiger partial charge in [0.2, 0.25) is 5.91 Å². The van der Waals surface area contributed by atoms with Gasteiger partial charge < -0.3 is 9.80 Å². The highest BCUT2D eigenvalue weighted by Crippen LogP contribution is 2.34.